The highest BCUT2D eigenvalue weighted by Gasteiger charge is 2.43. The number of hydrogen-bond acceptors (Lipinski definition) is 6. The van der Waals surface area contributed by atoms with Crippen LogP contribution in [0.2, 0.25) is 0 Å². The maximum atomic E-state index is 13.1. The van der Waals surface area contributed by atoms with Crippen LogP contribution in [0.25, 0.3) is 0 Å². The van der Waals surface area contributed by atoms with Gasteiger partial charge in [0.1, 0.15) is 0 Å². The van der Waals surface area contributed by atoms with Crippen LogP contribution >= 0.6 is 0 Å². The molecule has 1 amide bonds. The summed E-state index contributed by atoms with van der Waals surface area (Å²) in [6, 6.07) is -1.15. The summed E-state index contributed by atoms with van der Waals surface area (Å²) < 4.78 is 31.2. The third kappa shape index (κ3) is 3.83. The fourth-order valence-electron chi connectivity index (χ4n) is 2.30. The van der Waals surface area contributed by atoms with Crippen LogP contribution in [0.4, 0.5) is 8.78 Å². The number of aliphatic hydroxyl groups excluding tert-OH is 2. The average Bonchev–Trinajstić information content (AvgIpc) is 2.37. The van der Waals surface area contributed by atoms with Gasteiger partial charge < -0.3 is 31.7 Å². The molecule has 7 nitrogen and oxygen atoms in total. The standard InChI is InChI=1S/C11H21F2N3O4/c1-20-8-6(15)2-5(3-7(8)17)16-10(19)9(18)11(12,13)4-14/h5-9,17-18H,2-4,14-15H2,1H3,(H,16,19)/t5?,6?,7?,8-,9?/m1/s1. The van der Waals surface area contributed by atoms with E-state index in [1.165, 1.54) is 7.11 Å². The van der Waals surface area contributed by atoms with E-state index in [2.05, 4.69) is 5.32 Å². The summed E-state index contributed by atoms with van der Waals surface area (Å²) in [4.78, 5) is 11.5. The highest BCUT2D eigenvalue weighted by Crippen LogP contribution is 2.22. The van der Waals surface area contributed by atoms with Crippen LogP contribution in [0, 0.1) is 0 Å². The molecule has 0 aromatic rings. The molecule has 1 rings (SSSR count). The summed E-state index contributed by atoms with van der Waals surface area (Å²) in [5.74, 6) is -4.94. The minimum atomic E-state index is -3.70. The Morgan fingerprint density at radius 1 is 1.55 bits per heavy atom. The van der Waals surface area contributed by atoms with E-state index in [1.807, 2.05) is 0 Å². The lowest BCUT2D eigenvalue weighted by Crippen LogP contribution is -2.58. The number of rotatable bonds is 5. The van der Waals surface area contributed by atoms with E-state index in [9.17, 15) is 23.8 Å². The van der Waals surface area contributed by atoms with Gasteiger partial charge >= 0.3 is 0 Å². The summed E-state index contributed by atoms with van der Waals surface area (Å²) in [5, 5.41) is 21.3. The smallest absolute Gasteiger partial charge is 0.294 e. The number of aliphatic hydroxyl groups is 2. The largest absolute Gasteiger partial charge is 0.390 e. The van der Waals surface area contributed by atoms with Crippen molar-refractivity contribution in [2.24, 2.45) is 11.5 Å². The first-order valence-corrected chi connectivity index (χ1v) is 6.25. The summed E-state index contributed by atoms with van der Waals surface area (Å²) >= 11 is 0. The molecule has 0 aliphatic heterocycles. The van der Waals surface area contributed by atoms with Crippen molar-refractivity contribution in [2.45, 2.75) is 49.2 Å². The molecule has 0 bridgehead atoms. The van der Waals surface area contributed by atoms with E-state index in [0.29, 0.717) is 0 Å². The van der Waals surface area contributed by atoms with Crippen LogP contribution in [0.15, 0.2) is 0 Å². The van der Waals surface area contributed by atoms with Gasteiger partial charge in [-0.2, -0.15) is 0 Å². The summed E-state index contributed by atoms with van der Waals surface area (Å²) in [5.41, 5.74) is 10.6. The second-order valence-corrected chi connectivity index (χ2v) is 4.98. The van der Waals surface area contributed by atoms with E-state index in [0.717, 1.165) is 0 Å². The van der Waals surface area contributed by atoms with Crippen LogP contribution in [-0.2, 0) is 9.53 Å². The molecule has 9 heteroatoms. The lowest BCUT2D eigenvalue weighted by molar-refractivity contribution is -0.153. The third-order valence-corrected chi connectivity index (χ3v) is 3.42. The van der Waals surface area contributed by atoms with Gasteiger partial charge in [0.2, 0.25) is 0 Å². The van der Waals surface area contributed by atoms with Crippen LogP contribution in [0.1, 0.15) is 12.8 Å². The molecule has 1 saturated carbocycles. The van der Waals surface area contributed by atoms with Crippen molar-refractivity contribution in [1.82, 2.24) is 5.32 Å². The molecule has 0 radical (unpaired) electrons. The molecule has 0 spiro atoms. The fourth-order valence-corrected chi connectivity index (χ4v) is 2.30. The van der Waals surface area contributed by atoms with Crippen LogP contribution in [0.5, 0.6) is 0 Å². The number of hydrogen-bond donors (Lipinski definition) is 5. The topological polar surface area (TPSA) is 131 Å². The molecule has 118 valence electrons. The zero-order valence-corrected chi connectivity index (χ0v) is 11.1. The Morgan fingerprint density at radius 3 is 2.60 bits per heavy atom. The van der Waals surface area contributed by atoms with E-state index < -0.39 is 48.8 Å². The van der Waals surface area contributed by atoms with Crippen molar-refractivity contribution in [3.05, 3.63) is 0 Å². The van der Waals surface area contributed by atoms with E-state index in [1.54, 1.807) is 0 Å². The van der Waals surface area contributed by atoms with Crippen molar-refractivity contribution in [3.63, 3.8) is 0 Å². The molecule has 0 heterocycles. The Labute approximate surface area is 115 Å². The highest BCUT2D eigenvalue weighted by atomic mass is 19.3. The van der Waals surface area contributed by atoms with Crippen molar-refractivity contribution in [1.29, 1.82) is 0 Å². The zero-order valence-electron chi connectivity index (χ0n) is 11.1. The molecule has 0 aromatic heterocycles. The summed E-state index contributed by atoms with van der Waals surface area (Å²) in [7, 11) is 1.40. The SMILES string of the molecule is CO[C@@H]1C(N)CC(NC(=O)C(O)C(F)(F)CN)CC1O. The predicted octanol–water partition coefficient (Wildman–Crippen LogP) is -2.08. The number of amides is 1. The highest BCUT2D eigenvalue weighted by molar-refractivity contribution is 5.81. The molecule has 1 aliphatic rings. The second kappa shape index (κ2) is 6.72. The van der Waals surface area contributed by atoms with Gasteiger partial charge in [-0.1, -0.05) is 0 Å². The second-order valence-electron chi connectivity index (χ2n) is 4.98. The summed E-state index contributed by atoms with van der Waals surface area (Å²) in [6.45, 7) is -1.14. The molecule has 7 N–H and O–H groups in total. The fraction of sp³-hybridized carbons (Fsp3) is 0.909. The maximum absolute atomic E-state index is 13.1. The molecular formula is C11H21F2N3O4. The first kappa shape index (κ1) is 17.2. The van der Waals surface area contributed by atoms with Gasteiger partial charge in [0.05, 0.1) is 18.8 Å². The van der Waals surface area contributed by atoms with E-state index >= 15 is 0 Å². The third-order valence-electron chi connectivity index (χ3n) is 3.42. The number of carbonyl (C=O) groups is 1. The lowest BCUT2D eigenvalue weighted by atomic mass is 9.86. The average molecular weight is 297 g/mol. The Morgan fingerprint density at radius 2 is 2.15 bits per heavy atom. The van der Waals surface area contributed by atoms with Crippen LogP contribution < -0.4 is 16.8 Å². The van der Waals surface area contributed by atoms with Crippen molar-refractivity contribution >= 4 is 5.91 Å². The molecular weight excluding hydrogens is 276 g/mol. The lowest BCUT2D eigenvalue weighted by Gasteiger charge is -2.37. The molecule has 4 unspecified atom stereocenters. The molecule has 1 aliphatic carbocycles. The van der Waals surface area contributed by atoms with E-state index in [4.69, 9.17) is 16.2 Å². The first-order valence-electron chi connectivity index (χ1n) is 6.25. The Balaban J connectivity index is 2.60. The van der Waals surface area contributed by atoms with Crippen LogP contribution in [0.3, 0.4) is 0 Å². The normalized spacial score (nSPS) is 32.8. The monoisotopic (exact) mass is 297 g/mol. The number of ether oxygens (including phenoxy) is 1. The predicted molar refractivity (Wildman–Crippen MR) is 66.0 cm³/mol. The summed E-state index contributed by atoms with van der Waals surface area (Å²) in [6.07, 6.45) is -3.65. The van der Waals surface area contributed by atoms with Crippen molar-refractivity contribution < 1.29 is 28.5 Å². The van der Waals surface area contributed by atoms with Gasteiger partial charge in [0, 0.05) is 19.2 Å². The van der Waals surface area contributed by atoms with Gasteiger partial charge in [-0.15, -0.1) is 0 Å². The van der Waals surface area contributed by atoms with Gasteiger partial charge in [-0.3, -0.25) is 4.79 Å². The van der Waals surface area contributed by atoms with Gasteiger partial charge in [-0.25, -0.2) is 8.78 Å². The number of alkyl halides is 2. The number of methoxy groups -OCH3 is 1. The molecule has 0 saturated heterocycles. The molecule has 5 atom stereocenters. The Hall–Kier alpha value is -0.870. The van der Waals surface area contributed by atoms with Crippen molar-refractivity contribution in [3.8, 4) is 0 Å². The Kier molecular flexibility index (Phi) is 5.78. The minimum Gasteiger partial charge on any atom is -0.390 e. The van der Waals surface area contributed by atoms with Gasteiger partial charge in [0.25, 0.3) is 11.8 Å². The van der Waals surface area contributed by atoms with Gasteiger partial charge in [-0.05, 0) is 12.8 Å². The zero-order chi connectivity index (χ0) is 15.5. The van der Waals surface area contributed by atoms with Crippen LogP contribution in [-0.4, -0.2) is 66.1 Å². The molecule has 20 heavy (non-hydrogen) atoms. The Bertz CT molecular complexity index is 334. The van der Waals surface area contributed by atoms with Gasteiger partial charge in [0.15, 0.2) is 6.10 Å². The quantitative estimate of drug-likeness (QED) is 0.396. The molecule has 1 fully saturated rings. The minimum absolute atomic E-state index is 0.110. The maximum Gasteiger partial charge on any atom is 0.294 e. The van der Waals surface area contributed by atoms with E-state index in [-0.39, 0.29) is 12.8 Å². The number of nitrogens with one attached hydrogen (secondary N) is 1. The van der Waals surface area contributed by atoms with Crippen molar-refractivity contribution in [2.75, 3.05) is 13.7 Å². The number of halogens is 2. The first-order chi connectivity index (χ1) is 9.22. The number of carbonyl (C=O) groups excluding carboxylic acids is 1. The molecule has 0 aromatic carbocycles. The number of nitrogens with two attached hydrogens (primary N) is 2.